The van der Waals surface area contributed by atoms with Gasteiger partial charge in [0.15, 0.2) is 6.61 Å². The highest BCUT2D eigenvalue weighted by atomic mass is 35.5. The van der Waals surface area contributed by atoms with Crippen LogP contribution in [0.4, 0.5) is 0 Å². The maximum atomic E-state index is 13.4. The van der Waals surface area contributed by atoms with Gasteiger partial charge in [0.25, 0.3) is 5.91 Å². The Morgan fingerprint density at radius 3 is 2.42 bits per heavy atom. The highest BCUT2D eigenvalue weighted by molar-refractivity contribution is 6.36. The molecular weight excluding hydrogens is 459 g/mol. The van der Waals surface area contributed by atoms with E-state index in [-0.39, 0.29) is 31.0 Å². The fourth-order valence-electron chi connectivity index (χ4n) is 4.23. The van der Waals surface area contributed by atoms with Crippen LogP contribution in [0.3, 0.4) is 0 Å². The average molecular weight is 491 g/mol. The van der Waals surface area contributed by atoms with Crippen molar-refractivity contribution in [3.05, 3.63) is 63.1 Å². The number of amides is 2. The molecule has 2 aromatic carbocycles. The number of nitrogens with one attached hydrogen (secondary N) is 1. The van der Waals surface area contributed by atoms with Gasteiger partial charge < -0.3 is 15.0 Å². The van der Waals surface area contributed by atoms with E-state index in [2.05, 4.69) is 5.32 Å². The van der Waals surface area contributed by atoms with Crippen LogP contribution in [0.25, 0.3) is 0 Å². The zero-order valence-electron chi connectivity index (χ0n) is 19.5. The first-order chi connectivity index (χ1) is 15.8. The standard InChI is InChI=1S/C26H32Cl2N2O3/c1-4-23(26(32)29-19-8-5-6-9-19)30(15-20-21(27)10-7-11-22(20)28)25(31)16-33-24-14-17(2)12-13-18(24)3/h7,10-14,19,23H,4-6,8-9,15-16H2,1-3H3,(H,29,32)/t23-/m1/s1. The fourth-order valence-corrected chi connectivity index (χ4v) is 4.74. The SMILES string of the molecule is CC[C@H](C(=O)NC1CCCC1)N(Cc1c(Cl)cccc1Cl)C(=O)COc1cc(C)ccc1C. The van der Waals surface area contributed by atoms with Crippen LogP contribution in [0.15, 0.2) is 36.4 Å². The summed E-state index contributed by atoms with van der Waals surface area (Å²) in [6.07, 6.45) is 4.65. The normalized spacial score (nSPS) is 14.7. The van der Waals surface area contributed by atoms with Gasteiger partial charge >= 0.3 is 0 Å². The third-order valence-corrected chi connectivity index (χ3v) is 6.88. The number of aryl methyl sites for hydroxylation is 2. The second-order valence-corrected chi connectivity index (χ2v) is 9.51. The Hall–Kier alpha value is -2.24. The van der Waals surface area contributed by atoms with Crippen LogP contribution in [0.5, 0.6) is 5.75 Å². The number of nitrogens with zero attached hydrogens (tertiary/aromatic N) is 1. The molecule has 2 amide bonds. The van der Waals surface area contributed by atoms with E-state index in [1.807, 2.05) is 39.0 Å². The monoisotopic (exact) mass is 490 g/mol. The van der Waals surface area contributed by atoms with Crippen LogP contribution in [0.1, 0.15) is 55.7 Å². The summed E-state index contributed by atoms with van der Waals surface area (Å²) in [6, 6.07) is 10.6. The van der Waals surface area contributed by atoms with Crippen LogP contribution < -0.4 is 10.1 Å². The number of hydrogen-bond acceptors (Lipinski definition) is 3. The van der Waals surface area contributed by atoms with Gasteiger partial charge in [0.1, 0.15) is 11.8 Å². The lowest BCUT2D eigenvalue weighted by atomic mass is 10.1. The molecule has 0 bridgehead atoms. The molecule has 0 unspecified atom stereocenters. The molecular formula is C26H32Cl2N2O3. The van der Waals surface area contributed by atoms with Crippen molar-refractivity contribution in [1.82, 2.24) is 10.2 Å². The number of rotatable bonds is 9. The molecule has 2 aromatic rings. The molecule has 0 spiro atoms. The molecule has 1 aliphatic carbocycles. The van der Waals surface area contributed by atoms with Crippen LogP contribution in [-0.4, -0.2) is 35.4 Å². The summed E-state index contributed by atoms with van der Waals surface area (Å²) in [4.78, 5) is 28.2. The van der Waals surface area contributed by atoms with Crippen LogP contribution in [0.2, 0.25) is 10.0 Å². The Bertz CT molecular complexity index is 969. The second kappa shape index (κ2) is 11.8. The van der Waals surface area contributed by atoms with Crippen LogP contribution in [-0.2, 0) is 16.1 Å². The van der Waals surface area contributed by atoms with Gasteiger partial charge in [-0.25, -0.2) is 0 Å². The van der Waals surface area contributed by atoms with Crippen molar-refractivity contribution in [3.63, 3.8) is 0 Å². The molecule has 0 radical (unpaired) electrons. The summed E-state index contributed by atoms with van der Waals surface area (Å²) in [7, 11) is 0. The van der Waals surface area contributed by atoms with Crippen molar-refractivity contribution >= 4 is 35.0 Å². The smallest absolute Gasteiger partial charge is 0.261 e. The van der Waals surface area contributed by atoms with Gasteiger partial charge in [-0.3, -0.25) is 9.59 Å². The Morgan fingerprint density at radius 1 is 1.12 bits per heavy atom. The van der Waals surface area contributed by atoms with Crippen molar-refractivity contribution in [2.24, 2.45) is 0 Å². The molecule has 1 atom stereocenters. The minimum Gasteiger partial charge on any atom is -0.483 e. The Labute approximate surface area is 206 Å². The number of ether oxygens (including phenoxy) is 1. The Kier molecular flexibility index (Phi) is 9.04. The van der Waals surface area contributed by atoms with Crippen molar-refractivity contribution in [1.29, 1.82) is 0 Å². The van der Waals surface area contributed by atoms with E-state index < -0.39 is 6.04 Å². The molecule has 0 aromatic heterocycles. The number of carbonyl (C=O) groups is 2. The molecule has 178 valence electrons. The first-order valence-corrected chi connectivity index (χ1v) is 12.3. The Balaban J connectivity index is 1.83. The third kappa shape index (κ3) is 6.64. The topological polar surface area (TPSA) is 58.6 Å². The maximum absolute atomic E-state index is 13.4. The molecule has 1 fully saturated rings. The first kappa shape index (κ1) is 25.4. The molecule has 0 aliphatic heterocycles. The molecule has 7 heteroatoms. The summed E-state index contributed by atoms with van der Waals surface area (Å²) in [5.41, 5.74) is 2.61. The number of carbonyl (C=O) groups excluding carboxylic acids is 2. The van der Waals surface area contributed by atoms with Crippen molar-refractivity contribution < 1.29 is 14.3 Å². The van der Waals surface area contributed by atoms with Gasteiger partial charge in [-0.05, 0) is 62.4 Å². The quantitative estimate of drug-likeness (QED) is 0.479. The van der Waals surface area contributed by atoms with Gasteiger partial charge in [0.2, 0.25) is 5.91 Å². The van der Waals surface area contributed by atoms with E-state index in [1.165, 1.54) is 0 Å². The van der Waals surface area contributed by atoms with Gasteiger partial charge in [-0.2, -0.15) is 0 Å². The van der Waals surface area contributed by atoms with E-state index in [0.717, 1.165) is 36.8 Å². The summed E-state index contributed by atoms with van der Waals surface area (Å²) in [5.74, 6) is 0.218. The van der Waals surface area contributed by atoms with Gasteiger partial charge in [0.05, 0.1) is 0 Å². The summed E-state index contributed by atoms with van der Waals surface area (Å²) >= 11 is 12.8. The molecule has 1 N–H and O–H groups in total. The molecule has 0 saturated heterocycles. The summed E-state index contributed by atoms with van der Waals surface area (Å²) in [6.45, 7) is 5.76. The van der Waals surface area contributed by atoms with Gasteiger partial charge in [-0.1, -0.05) is 61.2 Å². The number of halogens is 2. The predicted molar refractivity (Wildman–Crippen MR) is 133 cm³/mol. The molecule has 0 heterocycles. The summed E-state index contributed by atoms with van der Waals surface area (Å²) < 4.78 is 5.88. The molecule has 3 rings (SSSR count). The van der Waals surface area contributed by atoms with Crippen LogP contribution in [0, 0.1) is 13.8 Å². The zero-order valence-corrected chi connectivity index (χ0v) is 21.0. The van der Waals surface area contributed by atoms with E-state index in [9.17, 15) is 9.59 Å². The lowest BCUT2D eigenvalue weighted by molar-refractivity contribution is -0.143. The predicted octanol–water partition coefficient (Wildman–Crippen LogP) is 5.86. The van der Waals surface area contributed by atoms with E-state index >= 15 is 0 Å². The van der Waals surface area contributed by atoms with E-state index in [4.69, 9.17) is 27.9 Å². The minimum atomic E-state index is -0.646. The molecule has 1 saturated carbocycles. The maximum Gasteiger partial charge on any atom is 0.261 e. The number of benzene rings is 2. The van der Waals surface area contributed by atoms with Crippen LogP contribution >= 0.6 is 23.2 Å². The molecule has 5 nitrogen and oxygen atoms in total. The van der Waals surface area contributed by atoms with E-state index in [0.29, 0.717) is 27.8 Å². The highest BCUT2D eigenvalue weighted by Gasteiger charge is 2.31. The van der Waals surface area contributed by atoms with Crippen molar-refractivity contribution in [2.75, 3.05) is 6.61 Å². The molecule has 33 heavy (non-hydrogen) atoms. The highest BCUT2D eigenvalue weighted by Crippen LogP contribution is 2.28. The van der Waals surface area contributed by atoms with E-state index in [1.54, 1.807) is 23.1 Å². The average Bonchev–Trinajstić information content (AvgIpc) is 3.29. The molecule has 1 aliphatic rings. The lowest BCUT2D eigenvalue weighted by Gasteiger charge is -2.32. The Morgan fingerprint density at radius 2 is 1.79 bits per heavy atom. The largest absolute Gasteiger partial charge is 0.483 e. The minimum absolute atomic E-state index is 0.129. The van der Waals surface area contributed by atoms with Crippen molar-refractivity contribution in [2.45, 2.75) is 71.5 Å². The van der Waals surface area contributed by atoms with Crippen molar-refractivity contribution in [3.8, 4) is 5.75 Å². The summed E-state index contributed by atoms with van der Waals surface area (Å²) in [5, 5.41) is 4.05. The van der Waals surface area contributed by atoms with Gasteiger partial charge in [-0.15, -0.1) is 0 Å². The third-order valence-electron chi connectivity index (χ3n) is 6.17. The first-order valence-electron chi connectivity index (χ1n) is 11.5. The fraction of sp³-hybridized carbons (Fsp3) is 0.462. The van der Waals surface area contributed by atoms with Gasteiger partial charge in [0, 0.05) is 28.2 Å². The zero-order chi connectivity index (χ0) is 24.0. The second-order valence-electron chi connectivity index (χ2n) is 8.69. The number of hydrogen-bond donors (Lipinski definition) is 1. The lowest BCUT2D eigenvalue weighted by Crippen LogP contribution is -2.52.